The second-order valence-corrected chi connectivity index (χ2v) is 4.72. The number of carbonyl (C=O) groups is 1. The summed E-state index contributed by atoms with van der Waals surface area (Å²) in [6.07, 6.45) is 2.37. The second-order valence-electron chi connectivity index (χ2n) is 4.72. The monoisotopic (exact) mass is 281 g/mol. The van der Waals surface area contributed by atoms with Gasteiger partial charge in [-0.2, -0.15) is 4.98 Å². The summed E-state index contributed by atoms with van der Waals surface area (Å²) in [5.74, 6) is -0.291. The molecule has 20 heavy (non-hydrogen) atoms. The number of aromatic nitrogens is 2. The molecule has 0 saturated carbocycles. The molecular weight excluding hydrogens is 258 g/mol. The van der Waals surface area contributed by atoms with Gasteiger partial charge in [-0.05, 0) is 19.8 Å². The van der Waals surface area contributed by atoms with Gasteiger partial charge in [-0.15, -0.1) is 0 Å². The molecule has 0 fully saturated rings. The van der Waals surface area contributed by atoms with Crippen molar-refractivity contribution in [3.05, 3.63) is 11.8 Å². The Morgan fingerprint density at radius 1 is 1.40 bits per heavy atom. The molecule has 0 spiro atoms. The van der Waals surface area contributed by atoms with Crippen LogP contribution in [-0.2, 0) is 4.79 Å². The van der Waals surface area contributed by atoms with E-state index in [1.54, 1.807) is 6.07 Å². The first kappa shape index (κ1) is 16.2. The number of rotatable bonds is 9. The molecule has 1 heterocycles. The topological polar surface area (TPSA) is 84.3 Å². The highest BCUT2D eigenvalue weighted by Gasteiger charge is 2.16. The zero-order valence-corrected chi connectivity index (χ0v) is 12.3. The summed E-state index contributed by atoms with van der Waals surface area (Å²) in [6.45, 7) is 6.76. The van der Waals surface area contributed by atoms with Gasteiger partial charge in [-0.1, -0.05) is 20.3 Å². The zero-order valence-electron chi connectivity index (χ0n) is 12.3. The maximum atomic E-state index is 11.1. The minimum absolute atomic E-state index is 0.319. The lowest BCUT2D eigenvalue weighted by molar-refractivity contribution is -0.141. The highest BCUT2D eigenvalue weighted by molar-refractivity contribution is 5.70. The van der Waals surface area contributed by atoms with E-state index in [0.29, 0.717) is 31.4 Å². The van der Waals surface area contributed by atoms with Crippen molar-refractivity contribution in [3.63, 3.8) is 0 Å². The summed E-state index contributed by atoms with van der Waals surface area (Å²) < 4.78 is 5.47. The van der Waals surface area contributed by atoms with Gasteiger partial charge in [0.05, 0.1) is 12.5 Å². The Morgan fingerprint density at radius 2 is 2.15 bits per heavy atom. The van der Waals surface area contributed by atoms with Gasteiger partial charge in [0.25, 0.3) is 0 Å². The Labute approximate surface area is 119 Å². The van der Waals surface area contributed by atoms with Gasteiger partial charge in [-0.3, -0.25) is 4.79 Å². The molecule has 0 bridgehead atoms. The van der Waals surface area contributed by atoms with Gasteiger partial charge in [0, 0.05) is 18.3 Å². The van der Waals surface area contributed by atoms with Crippen molar-refractivity contribution >= 4 is 11.9 Å². The van der Waals surface area contributed by atoms with Crippen LogP contribution in [-0.4, -0.2) is 34.2 Å². The average molecular weight is 281 g/mol. The maximum absolute atomic E-state index is 11.1. The number of carboxylic acid groups (broad SMARTS) is 1. The van der Waals surface area contributed by atoms with Gasteiger partial charge in [0.15, 0.2) is 0 Å². The fraction of sp³-hybridized carbons (Fsp3) is 0.643. The van der Waals surface area contributed by atoms with Crippen LogP contribution in [0.1, 0.15) is 38.8 Å². The number of hydrogen-bond acceptors (Lipinski definition) is 5. The first-order chi connectivity index (χ1) is 9.56. The van der Waals surface area contributed by atoms with E-state index in [2.05, 4.69) is 15.3 Å². The van der Waals surface area contributed by atoms with Crippen LogP contribution < -0.4 is 10.1 Å². The zero-order chi connectivity index (χ0) is 15.0. The van der Waals surface area contributed by atoms with Crippen LogP contribution in [0, 0.1) is 12.8 Å². The lowest BCUT2D eigenvalue weighted by atomic mass is 10.0. The Balaban J connectivity index is 2.66. The molecule has 6 nitrogen and oxygen atoms in total. The summed E-state index contributed by atoms with van der Waals surface area (Å²) in [6, 6.07) is 1.77. The van der Waals surface area contributed by atoms with Crippen LogP contribution in [0.25, 0.3) is 0 Å². The lowest BCUT2D eigenvalue weighted by Gasteiger charge is -2.13. The number of nitrogens with zero attached hydrogens (tertiary/aromatic N) is 2. The normalized spacial score (nSPS) is 11.9. The second kappa shape index (κ2) is 8.35. The van der Waals surface area contributed by atoms with Crippen molar-refractivity contribution in [2.24, 2.45) is 5.92 Å². The lowest BCUT2D eigenvalue weighted by Crippen LogP contribution is -2.23. The Hall–Kier alpha value is -1.85. The molecule has 0 amide bonds. The van der Waals surface area contributed by atoms with Crippen molar-refractivity contribution in [2.45, 2.75) is 40.0 Å². The van der Waals surface area contributed by atoms with Gasteiger partial charge < -0.3 is 15.2 Å². The van der Waals surface area contributed by atoms with Gasteiger partial charge >= 0.3 is 5.97 Å². The molecule has 0 aliphatic rings. The minimum atomic E-state index is -0.797. The average Bonchev–Trinajstić information content (AvgIpc) is 2.40. The molecule has 1 aromatic rings. The molecule has 2 N–H and O–H groups in total. The van der Waals surface area contributed by atoms with E-state index >= 15 is 0 Å². The van der Waals surface area contributed by atoms with Crippen molar-refractivity contribution in [2.75, 3.05) is 18.5 Å². The molecule has 0 aliphatic heterocycles. The minimum Gasteiger partial charge on any atom is -0.481 e. The van der Waals surface area contributed by atoms with Crippen LogP contribution in [0.15, 0.2) is 6.07 Å². The van der Waals surface area contributed by atoms with Crippen LogP contribution in [0.5, 0.6) is 5.88 Å². The highest BCUT2D eigenvalue weighted by atomic mass is 16.5. The predicted molar refractivity (Wildman–Crippen MR) is 77.1 cm³/mol. The molecule has 0 radical (unpaired) electrons. The molecule has 1 aromatic heterocycles. The van der Waals surface area contributed by atoms with Gasteiger partial charge in [-0.25, -0.2) is 4.98 Å². The number of ether oxygens (including phenoxy) is 1. The summed E-state index contributed by atoms with van der Waals surface area (Å²) in [5.41, 5.74) is 0.788. The molecular formula is C14H23N3O3. The molecule has 0 aromatic carbocycles. The third-order valence-corrected chi connectivity index (χ3v) is 2.78. The number of nitrogens with one attached hydrogen (secondary N) is 1. The summed E-state index contributed by atoms with van der Waals surface area (Å²) in [5, 5.41) is 12.1. The first-order valence-electron chi connectivity index (χ1n) is 7.02. The number of hydrogen-bond donors (Lipinski definition) is 2. The molecule has 6 heteroatoms. The molecule has 1 rings (SSSR count). The number of anilines is 1. The van der Waals surface area contributed by atoms with E-state index in [1.165, 1.54) is 0 Å². The molecule has 1 unspecified atom stereocenters. The SMILES string of the molecule is CCCOc1cc(C)nc(NCC(CCC)C(=O)O)n1. The van der Waals surface area contributed by atoms with Crippen LogP contribution in [0.4, 0.5) is 5.95 Å². The molecule has 1 atom stereocenters. The van der Waals surface area contributed by atoms with Gasteiger partial charge in [0.2, 0.25) is 11.8 Å². The summed E-state index contributed by atoms with van der Waals surface area (Å²) in [7, 11) is 0. The smallest absolute Gasteiger partial charge is 0.308 e. The molecule has 112 valence electrons. The predicted octanol–water partition coefficient (Wildman–Crippen LogP) is 2.49. The number of carboxylic acids is 1. The van der Waals surface area contributed by atoms with Crippen molar-refractivity contribution in [3.8, 4) is 5.88 Å². The third-order valence-electron chi connectivity index (χ3n) is 2.78. The van der Waals surface area contributed by atoms with E-state index < -0.39 is 11.9 Å². The molecule has 0 saturated heterocycles. The van der Waals surface area contributed by atoms with Gasteiger partial charge in [0.1, 0.15) is 0 Å². The number of aryl methyl sites for hydroxylation is 1. The fourth-order valence-electron chi connectivity index (χ4n) is 1.78. The standard InChI is InChI=1S/C14H23N3O3/c1-4-6-11(13(18)19)9-15-14-16-10(3)8-12(17-14)20-7-5-2/h8,11H,4-7,9H2,1-3H3,(H,18,19)(H,15,16,17). The third kappa shape index (κ3) is 5.42. The highest BCUT2D eigenvalue weighted by Crippen LogP contribution is 2.14. The van der Waals surface area contributed by atoms with Crippen LogP contribution >= 0.6 is 0 Å². The maximum Gasteiger partial charge on any atom is 0.308 e. The largest absolute Gasteiger partial charge is 0.481 e. The Bertz CT molecular complexity index is 438. The van der Waals surface area contributed by atoms with E-state index in [1.807, 2.05) is 20.8 Å². The van der Waals surface area contributed by atoms with Crippen molar-refractivity contribution in [1.82, 2.24) is 9.97 Å². The number of aliphatic carboxylic acids is 1. The van der Waals surface area contributed by atoms with E-state index in [9.17, 15) is 4.79 Å². The summed E-state index contributed by atoms with van der Waals surface area (Å²) in [4.78, 5) is 19.5. The molecule has 0 aliphatic carbocycles. The van der Waals surface area contributed by atoms with Crippen molar-refractivity contribution < 1.29 is 14.6 Å². The Kier molecular flexibility index (Phi) is 6.76. The quantitative estimate of drug-likeness (QED) is 0.723. The Morgan fingerprint density at radius 3 is 2.75 bits per heavy atom. The van der Waals surface area contributed by atoms with Crippen LogP contribution in [0.3, 0.4) is 0 Å². The first-order valence-corrected chi connectivity index (χ1v) is 7.02. The van der Waals surface area contributed by atoms with Crippen molar-refractivity contribution in [1.29, 1.82) is 0 Å². The van der Waals surface area contributed by atoms with E-state index in [4.69, 9.17) is 9.84 Å². The fourth-order valence-corrected chi connectivity index (χ4v) is 1.78. The summed E-state index contributed by atoms with van der Waals surface area (Å²) >= 11 is 0. The van der Waals surface area contributed by atoms with E-state index in [-0.39, 0.29) is 0 Å². The van der Waals surface area contributed by atoms with Crippen LogP contribution in [0.2, 0.25) is 0 Å². The van der Waals surface area contributed by atoms with E-state index in [0.717, 1.165) is 18.5 Å².